The lowest BCUT2D eigenvalue weighted by atomic mass is 10.2. The fourth-order valence-corrected chi connectivity index (χ4v) is 3.16. The van der Waals surface area contributed by atoms with Gasteiger partial charge in [-0.2, -0.15) is 10.2 Å². The summed E-state index contributed by atoms with van der Waals surface area (Å²) in [4.78, 5) is 18.9. The highest BCUT2D eigenvalue weighted by atomic mass is 16.5. The average Bonchev–Trinajstić information content (AvgIpc) is 3.38. The third kappa shape index (κ3) is 3.51. The Kier molecular flexibility index (Phi) is 4.54. The monoisotopic (exact) mass is 359 g/mol. The first-order chi connectivity index (χ1) is 13.2. The van der Waals surface area contributed by atoms with Crippen molar-refractivity contribution in [3.8, 4) is 17.5 Å². The number of nitriles is 1. The number of carbonyl (C=O) groups is 1. The Labute approximate surface area is 156 Å². The van der Waals surface area contributed by atoms with E-state index < -0.39 is 0 Å². The van der Waals surface area contributed by atoms with Gasteiger partial charge in [-0.3, -0.25) is 0 Å². The second-order valence-corrected chi connectivity index (χ2v) is 6.29. The SMILES string of the molecule is N#Cc1ccc(NC(=O)N2CCCC2c2nc(-c3ccccc3)no2)cc1. The van der Waals surface area contributed by atoms with E-state index in [2.05, 4.69) is 21.5 Å². The van der Waals surface area contributed by atoms with Crippen molar-refractivity contribution < 1.29 is 9.32 Å². The summed E-state index contributed by atoms with van der Waals surface area (Å²) in [6.45, 7) is 0.621. The van der Waals surface area contributed by atoms with Crippen LogP contribution in [0.15, 0.2) is 59.1 Å². The maximum atomic E-state index is 12.7. The zero-order chi connectivity index (χ0) is 18.6. The van der Waals surface area contributed by atoms with Gasteiger partial charge in [-0.25, -0.2) is 4.79 Å². The van der Waals surface area contributed by atoms with Crippen molar-refractivity contribution in [1.82, 2.24) is 15.0 Å². The zero-order valence-corrected chi connectivity index (χ0v) is 14.5. The standard InChI is InChI=1S/C20H17N5O2/c21-13-14-8-10-16(11-9-14)22-20(26)25-12-4-7-17(25)19-23-18(24-27-19)15-5-2-1-3-6-15/h1-3,5-6,8-11,17H,4,7,12H2,(H,22,26). The van der Waals surface area contributed by atoms with Gasteiger partial charge < -0.3 is 14.7 Å². The van der Waals surface area contributed by atoms with Crippen LogP contribution in [-0.4, -0.2) is 27.6 Å². The van der Waals surface area contributed by atoms with E-state index in [-0.39, 0.29) is 12.1 Å². The number of nitrogens with zero attached hydrogens (tertiary/aromatic N) is 4. The Morgan fingerprint density at radius 3 is 2.70 bits per heavy atom. The molecule has 0 radical (unpaired) electrons. The van der Waals surface area contributed by atoms with Crippen LogP contribution in [0.1, 0.15) is 30.3 Å². The van der Waals surface area contributed by atoms with Crippen molar-refractivity contribution in [3.63, 3.8) is 0 Å². The topological polar surface area (TPSA) is 95.1 Å². The minimum atomic E-state index is -0.242. The molecule has 1 unspecified atom stereocenters. The molecule has 134 valence electrons. The van der Waals surface area contributed by atoms with Crippen LogP contribution in [0.3, 0.4) is 0 Å². The molecule has 0 aliphatic carbocycles. The van der Waals surface area contributed by atoms with Gasteiger partial charge in [-0.05, 0) is 37.1 Å². The summed E-state index contributed by atoms with van der Waals surface area (Å²) in [5.74, 6) is 0.964. The molecule has 2 heterocycles. The fourth-order valence-electron chi connectivity index (χ4n) is 3.16. The van der Waals surface area contributed by atoms with Gasteiger partial charge in [0.25, 0.3) is 0 Å². The highest BCUT2D eigenvalue weighted by molar-refractivity contribution is 5.89. The Morgan fingerprint density at radius 2 is 1.96 bits per heavy atom. The number of amides is 2. The number of hydrogen-bond donors (Lipinski definition) is 1. The number of nitrogens with one attached hydrogen (secondary N) is 1. The third-order valence-electron chi connectivity index (χ3n) is 4.54. The molecule has 1 aromatic heterocycles. The molecular formula is C20H17N5O2. The van der Waals surface area contributed by atoms with Crippen molar-refractivity contribution in [2.24, 2.45) is 0 Å². The van der Waals surface area contributed by atoms with Crippen LogP contribution < -0.4 is 5.32 Å². The second kappa shape index (κ2) is 7.30. The van der Waals surface area contributed by atoms with Gasteiger partial charge in [0.15, 0.2) is 0 Å². The molecule has 0 spiro atoms. The normalized spacial score (nSPS) is 16.1. The van der Waals surface area contributed by atoms with Crippen molar-refractivity contribution >= 4 is 11.7 Å². The third-order valence-corrected chi connectivity index (χ3v) is 4.54. The quantitative estimate of drug-likeness (QED) is 0.763. The van der Waals surface area contributed by atoms with Gasteiger partial charge in [0, 0.05) is 17.8 Å². The molecule has 1 aliphatic rings. The Bertz CT molecular complexity index is 976. The minimum Gasteiger partial charge on any atom is -0.337 e. The first-order valence-electron chi connectivity index (χ1n) is 8.71. The van der Waals surface area contributed by atoms with E-state index in [1.54, 1.807) is 29.2 Å². The van der Waals surface area contributed by atoms with Crippen LogP contribution in [0, 0.1) is 11.3 Å². The number of benzene rings is 2. The summed E-state index contributed by atoms with van der Waals surface area (Å²) in [5, 5.41) is 15.8. The van der Waals surface area contributed by atoms with Gasteiger partial charge in [-0.15, -0.1) is 0 Å². The van der Waals surface area contributed by atoms with Gasteiger partial charge in [0.05, 0.1) is 11.6 Å². The fraction of sp³-hybridized carbons (Fsp3) is 0.200. The zero-order valence-electron chi connectivity index (χ0n) is 14.5. The predicted octanol–water partition coefficient (Wildman–Crippen LogP) is 3.98. The highest BCUT2D eigenvalue weighted by Gasteiger charge is 2.34. The Morgan fingerprint density at radius 1 is 1.19 bits per heavy atom. The van der Waals surface area contributed by atoms with Crippen LogP contribution in [0.2, 0.25) is 0 Å². The molecule has 7 nitrogen and oxygen atoms in total. The summed E-state index contributed by atoms with van der Waals surface area (Å²) in [7, 11) is 0. The molecule has 0 bridgehead atoms. The van der Waals surface area contributed by atoms with E-state index in [1.807, 2.05) is 30.3 Å². The molecule has 2 aromatic carbocycles. The van der Waals surface area contributed by atoms with Crippen LogP contribution in [0.4, 0.5) is 10.5 Å². The Balaban J connectivity index is 1.49. The van der Waals surface area contributed by atoms with E-state index in [4.69, 9.17) is 9.78 Å². The summed E-state index contributed by atoms with van der Waals surface area (Å²) in [6.07, 6.45) is 1.64. The first kappa shape index (κ1) is 16.8. The summed E-state index contributed by atoms with van der Waals surface area (Å²) < 4.78 is 5.45. The summed E-state index contributed by atoms with van der Waals surface area (Å²) in [6, 6.07) is 17.9. The molecule has 1 N–H and O–H groups in total. The van der Waals surface area contributed by atoms with Gasteiger partial charge >= 0.3 is 6.03 Å². The smallest absolute Gasteiger partial charge is 0.322 e. The van der Waals surface area contributed by atoms with Crippen molar-refractivity contribution in [3.05, 3.63) is 66.1 Å². The van der Waals surface area contributed by atoms with Gasteiger partial charge in [0.1, 0.15) is 6.04 Å². The highest BCUT2D eigenvalue weighted by Crippen LogP contribution is 2.32. The number of urea groups is 1. The maximum Gasteiger partial charge on any atom is 0.322 e. The number of aromatic nitrogens is 2. The predicted molar refractivity (Wildman–Crippen MR) is 98.6 cm³/mol. The number of anilines is 1. The minimum absolute atomic E-state index is 0.221. The molecule has 0 saturated carbocycles. The average molecular weight is 359 g/mol. The molecule has 1 aliphatic heterocycles. The molecule has 1 fully saturated rings. The summed E-state index contributed by atoms with van der Waals surface area (Å²) in [5.41, 5.74) is 2.06. The van der Waals surface area contributed by atoms with Crippen molar-refractivity contribution in [2.45, 2.75) is 18.9 Å². The van der Waals surface area contributed by atoms with Crippen LogP contribution in [0.25, 0.3) is 11.4 Å². The van der Waals surface area contributed by atoms with Crippen LogP contribution in [-0.2, 0) is 0 Å². The number of hydrogen-bond acceptors (Lipinski definition) is 5. The van der Waals surface area contributed by atoms with Crippen LogP contribution in [0.5, 0.6) is 0 Å². The number of carbonyl (C=O) groups excluding carboxylic acids is 1. The summed E-state index contributed by atoms with van der Waals surface area (Å²) >= 11 is 0. The van der Waals surface area contributed by atoms with Crippen molar-refractivity contribution in [1.29, 1.82) is 5.26 Å². The molecule has 4 rings (SSSR count). The lowest BCUT2D eigenvalue weighted by molar-refractivity contribution is 0.193. The van der Waals surface area contributed by atoms with E-state index in [9.17, 15) is 4.79 Å². The van der Waals surface area contributed by atoms with E-state index in [0.717, 1.165) is 18.4 Å². The molecule has 1 atom stereocenters. The second-order valence-electron chi connectivity index (χ2n) is 6.29. The Hall–Kier alpha value is -3.66. The largest absolute Gasteiger partial charge is 0.337 e. The molecule has 3 aromatic rings. The lowest BCUT2D eigenvalue weighted by Crippen LogP contribution is -2.34. The molecular weight excluding hydrogens is 342 g/mol. The van der Waals surface area contributed by atoms with Gasteiger partial charge in [-0.1, -0.05) is 35.5 Å². The molecule has 2 amide bonds. The van der Waals surface area contributed by atoms with E-state index in [1.165, 1.54) is 0 Å². The number of likely N-dealkylation sites (tertiary alicyclic amines) is 1. The first-order valence-corrected chi connectivity index (χ1v) is 8.71. The van der Waals surface area contributed by atoms with E-state index in [0.29, 0.717) is 29.5 Å². The molecule has 27 heavy (non-hydrogen) atoms. The lowest BCUT2D eigenvalue weighted by Gasteiger charge is -2.22. The molecule has 7 heteroatoms. The van der Waals surface area contributed by atoms with Crippen LogP contribution >= 0.6 is 0 Å². The van der Waals surface area contributed by atoms with Crippen molar-refractivity contribution in [2.75, 3.05) is 11.9 Å². The van der Waals surface area contributed by atoms with E-state index >= 15 is 0 Å². The van der Waals surface area contributed by atoms with Gasteiger partial charge in [0.2, 0.25) is 11.7 Å². The molecule has 1 saturated heterocycles. The number of rotatable bonds is 3. The maximum absolute atomic E-state index is 12.7.